The molecule has 0 aromatic rings. The van der Waals surface area contributed by atoms with Crippen LogP contribution in [0.1, 0.15) is 39.5 Å². The molecule has 0 saturated carbocycles. The fourth-order valence-electron chi connectivity index (χ4n) is 1.41. The van der Waals surface area contributed by atoms with E-state index in [1.54, 1.807) is 0 Å². The van der Waals surface area contributed by atoms with Gasteiger partial charge < -0.3 is 4.74 Å². The fraction of sp³-hybridized carbons (Fsp3) is 0.818. The van der Waals surface area contributed by atoms with Crippen molar-refractivity contribution in [1.82, 2.24) is 0 Å². The summed E-state index contributed by atoms with van der Waals surface area (Å²) in [6, 6.07) is 0. The Morgan fingerprint density at radius 2 is 2.15 bits per heavy atom. The first-order chi connectivity index (χ1) is 6.24. The van der Waals surface area contributed by atoms with Gasteiger partial charge in [0.15, 0.2) is 0 Å². The minimum atomic E-state index is -0.00743. The maximum Gasteiger partial charge on any atom is 0.116 e. The Hall–Kier alpha value is 0.0500. The molecule has 1 atom stereocenters. The van der Waals surface area contributed by atoms with E-state index < -0.39 is 0 Å². The first kappa shape index (κ1) is 13.1. The van der Waals surface area contributed by atoms with Gasteiger partial charge in [0.05, 0.1) is 0 Å². The summed E-state index contributed by atoms with van der Waals surface area (Å²) in [5.41, 5.74) is 0. The summed E-state index contributed by atoms with van der Waals surface area (Å²) >= 11 is 1.81. The Bertz CT molecular complexity index is 136. The van der Waals surface area contributed by atoms with Crippen LogP contribution in [-0.4, -0.2) is 17.8 Å². The third-order valence-corrected chi connectivity index (χ3v) is 3.38. The van der Waals surface area contributed by atoms with Gasteiger partial charge in [0, 0.05) is 13.0 Å². The Labute approximate surface area is 86.9 Å². The Morgan fingerprint density at radius 3 is 2.54 bits per heavy atom. The molecule has 0 heterocycles. The molecule has 0 N–H and O–H groups in total. The van der Waals surface area contributed by atoms with E-state index in [1.165, 1.54) is 12.8 Å². The maximum absolute atomic E-state index is 5.81. The lowest BCUT2D eigenvalue weighted by Gasteiger charge is -2.30. The van der Waals surface area contributed by atoms with Crippen LogP contribution in [-0.2, 0) is 4.74 Å². The lowest BCUT2D eigenvalue weighted by atomic mass is 10.1. The molecule has 78 valence electrons. The van der Waals surface area contributed by atoms with E-state index in [-0.39, 0.29) is 4.93 Å². The topological polar surface area (TPSA) is 9.23 Å². The molecule has 0 spiro atoms. The summed E-state index contributed by atoms with van der Waals surface area (Å²) in [7, 11) is 0. The standard InChI is InChI=1S/C11H22OS/c1-5-8-10-11(13-4,9-6-2)12-7-3/h6H,2,5,7-10H2,1,3-4H3. The number of ether oxygens (including phenoxy) is 1. The quantitative estimate of drug-likeness (QED) is 0.437. The zero-order valence-electron chi connectivity index (χ0n) is 9.14. The molecule has 2 heteroatoms. The summed E-state index contributed by atoms with van der Waals surface area (Å²) < 4.78 is 5.81. The van der Waals surface area contributed by atoms with Gasteiger partial charge in [-0.1, -0.05) is 19.4 Å². The SMILES string of the molecule is C=CCC(CCCC)(OCC)SC. The lowest BCUT2D eigenvalue weighted by molar-refractivity contribution is 0.0291. The van der Waals surface area contributed by atoms with Crippen LogP contribution in [0.3, 0.4) is 0 Å². The van der Waals surface area contributed by atoms with Crippen LogP contribution in [0.15, 0.2) is 12.7 Å². The summed E-state index contributed by atoms with van der Waals surface area (Å²) in [4.78, 5) is -0.00743. The summed E-state index contributed by atoms with van der Waals surface area (Å²) in [6.07, 6.45) is 8.62. The van der Waals surface area contributed by atoms with Crippen molar-refractivity contribution in [2.75, 3.05) is 12.9 Å². The molecule has 13 heavy (non-hydrogen) atoms. The summed E-state index contributed by atoms with van der Waals surface area (Å²) in [5, 5.41) is 0. The molecule has 1 unspecified atom stereocenters. The van der Waals surface area contributed by atoms with Crippen LogP contribution in [0.2, 0.25) is 0 Å². The van der Waals surface area contributed by atoms with Gasteiger partial charge in [0.1, 0.15) is 4.93 Å². The molecule has 0 radical (unpaired) electrons. The highest BCUT2D eigenvalue weighted by Gasteiger charge is 2.26. The zero-order chi connectivity index (χ0) is 10.2. The molecule has 0 amide bonds. The molecule has 0 fully saturated rings. The minimum Gasteiger partial charge on any atom is -0.364 e. The monoisotopic (exact) mass is 202 g/mol. The lowest BCUT2D eigenvalue weighted by Crippen LogP contribution is -2.27. The summed E-state index contributed by atoms with van der Waals surface area (Å²) in [5.74, 6) is 0. The zero-order valence-corrected chi connectivity index (χ0v) is 9.95. The van der Waals surface area contributed by atoms with Crippen molar-refractivity contribution in [3.63, 3.8) is 0 Å². The van der Waals surface area contributed by atoms with Crippen LogP contribution in [0.5, 0.6) is 0 Å². The first-order valence-corrected chi connectivity index (χ1v) is 6.27. The molecule has 0 aliphatic heterocycles. The van der Waals surface area contributed by atoms with Crippen molar-refractivity contribution < 1.29 is 4.74 Å². The molecular formula is C11H22OS. The van der Waals surface area contributed by atoms with Crippen molar-refractivity contribution in [1.29, 1.82) is 0 Å². The van der Waals surface area contributed by atoms with E-state index in [0.29, 0.717) is 0 Å². The van der Waals surface area contributed by atoms with Crippen LogP contribution in [0.25, 0.3) is 0 Å². The predicted molar refractivity (Wildman–Crippen MR) is 62.2 cm³/mol. The van der Waals surface area contributed by atoms with Gasteiger partial charge in [-0.3, -0.25) is 0 Å². The van der Waals surface area contributed by atoms with Crippen molar-refractivity contribution in [3.8, 4) is 0 Å². The number of unbranched alkanes of at least 4 members (excludes halogenated alkanes) is 1. The Kier molecular flexibility index (Phi) is 7.48. The van der Waals surface area contributed by atoms with E-state index in [4.69, 9.17) is 4.74 Å². The van der Waals surface area contributed by atoms with E-state index in [0.717, 1.165) is 19.4 Å². The largest absolute Gasteiger partial charge is 0.364 e. The molecule has 0 saturated heterocycles. The van der Waals surface area contributed by atoms with Gasteiger partial charge in [-0.2, -0.15) is 0 Å². The third kappa shape index (κ3) is 4.72. The number of rotatable bonds is 8. The van der Waals surface area contributed by atoms with Crippen molar-refractivity contribution >= 4 is 11.8 Å². The van der Waals surface area contributed by atoms with E-state index in [1.807, 2.05) is 17.8 Å². The van der Waals surface area contributed by atoms with Gasteiger partial charge in [-0.25, -0.2) is 0 Å². The van der Waals surface area contributed by atoms with E-state index in [2.05, 4.69) is 26.7 Å². The van der Waals surface area contributed by atoms with Crippen molar-refractivity contribution in [2.45, 2.75) is 44.5 Å². The second kappa shape index (κ2) is 7.45. The third-order valence-electron chi connectivity index (χ3n) is 2.15. The van der Waals surface area contributed by atoms with Gasteiger partial charge in [-0.15, -0.1) is 18.3 Å². The molecule has 1 nitrogen and oxygen atoms in total. The first-order valence-electron chi connectivity index (χ1n) is 5.04. The highest BCUT2D eigenvalue weighted by atomic mass is 32.2. The van der Waals surface area contributed by atoms with Crippen LogP contribution in [0.4, 0.5) is 0 Å². The average molecular weight is 202 g/mol. The fourth-order valence-corrected chi connectivity index (χ4v) is 2.28. The molecular weight excluding hydrogens is 180 g/mol. The van der Waals surface area contributed by atoms with E-state index >= 15 is 0 Å². The second-order valence-electron chi connectivity index (χ2n) is 3.14. The van der Waals surface area contributed by atoms with Gasteiger partial charge >= 0.3 is 0 Å². The molecule has 0 rings (SSSR count). The molecule has 0 aliphatic rings. The highest BCUT2D eigenvalue weighted by Crippen LogP contribution is 2.34. The maximum atomic E-state index is 5.81. The number of hydrogen-bond donors (Lipinski definition) is 0. The predicted octanol–water partition coefficient (Wildman–Crippen LogP) is 3.85. The number of hydrogen-bond acceptors (Lipinski definition) is 2. The average Bonchev–Trinajstić information content (AvgIpc) is 2.15. The molecule has 0 aromatic heterocycles. The van der Waals surface area contributed by atoms with Gasteiger partial charge in [0.25, 0.3) is 0 Å². The Morgan fingerprint density at radius 1 is 1.46 bits per heavy atom. The van der Waals surface area contributed by atoms with Crippen LogP contribution in [0, 0.1) is 0 Å². The van der Waals surface area contributed by atoms with E-state index in [9.17, 15) is 0 Å². The number of thioether (sulfide) groups is 1. The molecule has 0 aliphatic carbocycles. The Balaban J connectivity index is 4.15. The van der Waals surface area contributed by atoms with Crippen LogP contribution < -0.4 is 0 Å². The molecule has 0 bridgehead atoms. The normalized spacial score (nSPS) is 15.3. The minimum absolute atomic E-state index is 0.00743. The van der Waals surface area contributed by atoms with Crippen molar-refractivity contribution in [2.24, 2.45) is 0 Å². The van der Waals surface area contributed by atoms with Crippen molar-refractivity contribution in [3.05, 3.63) is 12.7 Å². The smallest absolute Gasteiger partial charge is 0.116 e. The molecule has 0 aromatic carbocycles. The van der Waals surface area contributed by atoms with Gasteiger partial charge in [-0.05, 0) is 26.0 Å². The van der Waals surface area contributed by atoms with Crippen LogP contribution >= 0.6 is 11.8 Å². The van der Waals surface area contributed by atoms with Gasteiger partial charge in [0.2, 0.25) is 0 Å². The second-order valence-corrected chi connectivity index (χ2v) is 4.30. The summed E-state index contributed by atoms with van der Waals surface area (Å²) in [6.45, 7) is 8.85. The highest BCUT2D eigenvalue weighted by molar-refractivity contribution is 7.99.